The highest BCUT2D eigenvalue weighted by Crippen LogP contribution is 2.41. The highest BCUT2D eigenvalue weighted by Gasteiger charge is 2.25. The maximum atomic E-state index is 4.51. The summed E-state index contributed by atoms with van der Waals surface area (Å²) in [6, 6.07) is 11.3. The Hall–Kier alpha value is -2.60. The van der Waals surface area contributed by atoms with Gasteiger partial charge in [0.05, 0.1) is 0 Å². The molecule has 0 N–H and O–H groups in total. The van der Waals surface area contributed by atoms with Crippen molar-refractivity contribution in [1.29, 1.82) is 0 Å². The van der Waals surface area contributed by atoms with E-state index < -0.39 is 0 Å². The molecule has 0 nitrogen and oxygen atoms in total. The molecule has 0 heterocycles. The summed E-state index contributed by atoms with van der Waals surface area (Å²) in [7, 11) is 0. The zero-order chi connectivity index (χ0) is 22.9. The number of aryl methyl sites for hydroxylation is 3. The predicted octanol–water partition coefficient (Wildman–Crippen LogP) is 9.03. The number of hydrogen-bond donors (Lipinski definition) is 0. The van der Waals surface area contributed by atoms with Crippen LogP contribution in [0.3, 0.4) is 0 Å². The molecule has 33 heavy (non-hydrogen) atoms. The minimum absolute atomic E-state index is 0.878. The first-order valence-corrected chi connectivity index (χ1v) is 13.0. The molecule has 5 rings (SSSR count). The van der Waals surface area contributed by atoms with Crippen molar-refractivity contribution in [3.63, 3.8) is 0 Å². The van der Waals surface area contributed by atoms with E-state index >= 15 is 0 Å². The Morgan fingerprint density at radius 1 is 0.909 bits per heavy atom. The van der Waals surface area contributed by atoms with Crippen molar-refractivity contribution in [2.24, 2.45) is 5.92 Å². The molecule has 0 aromatic heterocycles. The fourth-order valence-corrected chi connectivity index (χ4v) is 6.47. The fourth-order valence-electron chi connectivity index (χ4n) is 6.47. The van der Waals surface area contributed by atoms with Gasteiger partial charge in [-0.1, -0.05) is 87.2 Å². The average Bonchev–Trinajstić information content (AvgIpc) is 3.43. The van der Waals surface area contributed by atoms with Crippen LogP contribution in [0.25, 0.3) is 11.6 Å². The van der Waals surface area contributed by atoms with E-state index in [1.807, 2.05) is 0 Å². The Labute approximate surface area is 200 Å². The number of fused-ring (bicyclic) bond motifs is 1. The Kier molecular flexibility index (Phi) is 6.28. The van der Waals surface area contributed by atoms with Gasteiger partial charge in [-0.15, -0.1) is 0 Å². The normalized spacial score (nSPS) is 18.1. The Balaban J connectivity index is 1.38. The van der Waals surface area contributed by atoms with Crippen LogP contribution in [0.1, 0.15) is 83.9 Å². The lowest BCUT2D eigenvalue weighted by atomic mass is 9.82. The molecular weight excluding hydrogens is 396 g/mol. The molecule has 0 amide bonds. The summed E-state index contributed by atoms with van der Waals surface area (Å²) in [5, 5.41) is 0. The molecule has 0 spiro atoms. The molecule has 0 bridgehead atoms. The zero-order valence-electron chi connectivity index (χ0n) is 20.8. The number of rotatable bonds is 6. The van der Waals surface area contributed by atoms with Gasteiger partial charge in [-0.3, -0.25) is 0 Å². The Morgan fingerprint density at radius 3 is 2.42 bits per heavy atom. The lowest BCUT2D eigenvalue weighted by Crippen LogP contribution is -2.11. The van der Waals surface area contributed by atoms with Crippen LogP contribution >= 0.6 is 0 Å². The summed E-state index contributed by atoms with van der Waals surface area (Å²) in [5.74, 6) is 0.878. The third kappa shape index (κ3) is 4.45. The van der Waals surface area contributed by atoms with Crippen molar-refractivity contribution in [2.45, 2.75) is 78.6 Å². The molecule has 170 valence electrons. The highest BCUT2D eigenvalue weighted by molar-refractivity contribution is 5.77. The van der Waals surface area contributed by atoms with Crippen LogP contribution < -0.4 is 0 Å². The van der Waals surface area contributed by atoms with Gasteiger partial charge in [0.15, 0.2) is 0 Å². The molecule has 2 aromatic carbocycles. The maximum Gasteiger partial charge on any atom is -0.00136 e. The van der Waals surface area contributed by atoms with Crippen molar-refractivity contribution in [2.75, 3.05) is 0 Å². The summed E-state index contributed by atoms with van der Waals surface area (Å²) < 4.78 is 0. The molecule has 0 aliphatic heterocycles. The van der Waals surface area contributed by atoms with Gasteiger partial charge in [-0.25, -0.2) is 0 Å². The first-order valence-electron chi connectivity index (χ1n) is 13.0. The third-order valence-electron chi connectivity index (χ3n) is 8.22. The summed E-state index contributed by atoms with van der Waals surface area (Å²) in [6.45, 7) is 11.2. The predicted molar refractivity (Wildman–Crippen MR) is 143 cm³/mol. The van der Waals surface area contributed by atoms with Crippen LogP contribution in [0.4, 0.5) is 0 Å². The van der Waals surface area contributed by atoms with E-state index in [0.717, 1.165) is 25.2 Å². The van der Waals surface area contributed by atoms with E-state index in [9.17, 15) is 0 Å². The topological polar surface area (TPSA) is 0 Å². The lowest BCUT2D eigenvalue weighted by molar-refractivity contribution is 0.356. The van der Waals surface area contributed by atoms with E-state index in [0.29, 0.717) is 0 Å². The summed E-state index contributed by atoms with van der Waals surface area (Å²) >= 11 is 0. The Bertz CT molecular complexity index is 1150. The number of hydrogen-bond acceptors (Lipinski definition) is 0. The lowest BCUT2D eigenvalue weighted by Gasteiger charge is -2.23. The largest absolute Gasteiger partial charge is 0.0949 e. The van der Waals surface area contributed by atoms with Crippen LogP contribution in [0.2, 0.25) is 0 Å². The quantitative estimate of drug-likeness (QED) is 0.425. The van der Waals surface area contributed by atoms with Crippen molar-refractivity contribution in [3.8, 4) is 0 Å². The first-order chi connectivity index (χ1) is 16.0. The van der Waals surface area contributed by atoms with Gasteiger partial charge in [-0.2, -0.15) is 0 Å². The van der Waals surface area contributed by atoms with Crippen LogP contribution in [-0.4, -0.2) is 0 Å². The first kappa shape index (κ1) is 22.2. The van der Waals surface area contributed by atoms with Gasteiger partial charge >= 0.3 is 0 Å². The Morgan fingerprint density at radius 2 is 1.67 bits per heavy atom. The molecule has 0 unspecified atom stereocenters. The van der Waals surface area contributed by atoms with Crippen molar-refractivity contribution in [1.82, 2.24) is 0 Å². The van der Waals surface area contributed by atoms with E-state index in [1.54, 1.807) is 5.56 Å². The second-order valence-electron chi connectivity index (χ2n) is 10.6. The molecule has 2 aromatic rings. The molecule has 0 saturated heterocycles. The van der Waals surface area contributed by atoms with Crippen molar-refractivity contribution < 1.29 is 0 Å². The summed E-state index contributed by atoms with van der Waals surface area (Å²) in [4.78, 5) is 0. The average molecular weight is 435 g/mol. The third-order valence-corrected chi connectivity index (χ3v) is 8.22. The number of benzene rings is 2. The van der Waals surface area contributed by atoms with Gasteiger partial charge in [0.25, 0.3) is 0 Å². The zero-order valence-corrected chi connectivity index (χ0v) is 20.8. The van der Waals surface area contributed by atoms with Crippen LogP contribution in [0, 0.1) is 26.7 Å². The van der Waals surface area contributed by atoms with E-state index in [2.05, 4.69) is 75.9 Å². The number of allylic oxidation sites excluding steroid dienone is 6. The molecule has 0 radical (unpaired) electrons. The molecule has 3 aliphatic carbocycles. The fraction of sp³-hybridized carbons (Fsp3) is 0.394. The van der Waals surface area contributed by atoms with Crippen LogP contribution in [0.15, 0.2) is 65.8 Å². The minimum Gasteiger partial charge on any atom is -0.0949 e. The van der Waals surface area contributed by atoms with Gasteiger partial charge in [0.1, 0.15) is 0 Å². The van der Waals surface area contributed by atoms with Crippen molar-refractivity contribution in [3.05, 3.63) is 105 Å². The second-order valence-corrected chi connectivity index (χ2v) is 10.6. The highest BCUT2D eigenvalue weighted by atomic mass is 14.3. The SMILES string of the molecule is C=C(CC1=CCC=C1C1=Cc2c(ccc(C)c2CC2CCCCC2)C1)c1c(C)cccc1C. The molecule has 1 saturated carbocycles. The van der Waals surface area contributed by atoms with E-state index in [1.165, 1.54) is 94.2 Å². The van der Waals surface area contributed by atoms with Gasteiger partial charge < -0.3 is 0 Å². The standard InChI is InChI=1S/C33H38/c1-22-16-17-28-20-29(21-32(28)31(22)19-26-12-6-5-7-13-26)30-15-9-14-27(30)18-25(4)33-23(2)10-8-11-24(33)3/h8,10-11,14-17,21,26H,4-7,9,12-13,18-20H2,1-3H3. The molecule has 1 fully saturated rings. The second kappa shape index (κ2) is 9.34. The molecular formula is C33H38. The van der Waals surface area contributed by atoms with E-state index in [4.69, 9.17) is 0 Å². The van der Waals surface area contributed by atoms with Crippen molar-refractivity contribution >= 4 is 11.6 Å². The smallest absolute Gasteiger partial charge is 0.00136 e. The molecule has 0 heteroatoms. The summed E-state index contributed by atoms with van der Waals surface area (Å²) in [6.07, 6.45) is 18.8. The maximum absolute atomic E-state index is 4.51. The minimum atomic E-state index is 0.878. The van der Waals surface area contributed by atoms with Crippen LogP contribution in [0.5, 0.6) is 0 Å². The van der Waals surface area contributed by atoms with Gasteiger partial charge in [-0.05, 0) is 114 Å². The van der Waals surface area contributed by atoms with Gasteiger partial charge in [0, 0.05) is 0 Å². The van der Waals surface area contributed by atoms with E-state index in [-0.39, 0.29) is 0 Å². The molecule has 0 atom stereocenters. The molecule has 3 aliphatic rings. The van der Waals surface area contributed by atoms with Crippen LogP contribution in [-0.2, 0) is 12.8 Å². The monoisotopic (exact) mass is 434 g/mol. The summed E-state index contributed by atoms with van der Waals surface area (Å²) in [5.41, 5.74) is 15.9. The van der Waals surface area contributed by atoms with Gasteiger partial charge in [0.2, 0.25) is 0 Å².